The van der Waals surface area contributed by atoms with E-state index in [0.29, 0.717) is 149 Å². The molecule has 730 valence electrons. The zero-order valence-electron chi connectivity index (χ0n) is 80.8. The molecular formula is C107H127ClN12O16S2. The lowest BCUT2D eigenvalue weighted by Crippen LogP contribution is -2.47. The maximum Gasteiger partial charge on any atom is 0.407 e. The standard InChI is InChI=1S/C38H48N4O6.C36H39ClN4O6S2.C33H40N4O4/c1-26(27-13-8-7-9-14-27)40-21-23-41(24-22-40)31-17-12-15-29-34(31)36(44)42(35(29)43)30(28-18-19-32(46-5)33(25-28)47-6)16-10-11-20-39-37(45)48-38(2,3)4;1-24(25-9-5-4-6-10-25)39-19-21-40(22-20-39)29-12-7-11-27-34(29)36(43)41(35(27)42)28(26-14-15-30(46-2)31(23-26)47-3)13-8-18-38-49(44,45)33-17-16-32(37)48-33;1-23(24-10-5-4-6-11-24)35-18-20-36(21-19-35)28-14-9-12-26-31(28)33(39)37(32(26)38)27(13-7-8-17-34)25-15-16-29(40-2)30(22-25)41-3/h7-9,12-15,17-19,25-26,30H,10-11,16,20-24H2,1-6H3,(H,39,45);4-7,9-12,14-17,23-24,28,38H,8,13,18-22H2,1-3H3;4-6,9-12,14-16,22-23,27H,7-8,13,17-21,34H2,1-3H3/t26-,30?;24-,28?;23-,27?/m111/s1. The second-order valence-electron chi connectivity index (χ2n) is 36.1. The molecule has 28 nitrogen and oxygen atoms in total. The molecule has 7 amide bonds. The number of ether oxygens (including phenoxy) is 7. The highest BCUT2D eigenvalue weighted by Crippen LogP contribution is 2.47. The molecule has 4 N–H and O–H groups in total. The fourth-order valence-corrected chi connectivity index (χ4v) is 22.0. The van der Waals surface area contributed by atoms with Gasteiger partial charge in [-0.2, -0.15) is 0 Å². The summed E-state index contributed by atoms with van der Waals surface area (Å²) in [6, 6.07) is 66.7. The Morgan fingerprint density at radius 2 is 0.710 bits per heavy atom. The highest BCUT2D eigenvalue weighted by Gasteiger charge is 2.47. The molecule has 6 atom stereocenters. The zero-order chi connectivity index (χ0) is 98.1. The zero-order valence-corrected chi connectivity index (χ0v) is 83.2. The molecule has 1 aromatic heterocycles. The number of thiophene rings is 1. The first-order chi connectivity index (χ1) is 66.6. The molecular weight excluding hydrogens is 1810 g/mol. The highest BCUT2D eigenvalue weighted by atomic mass is 35.5. The summed E-state index contributed by atoms with van der Waals surface area (Å²) in [5.74, 6) is 1.37. The number of carbonyl (C=O) groups excluding carboxylic acids is 7. The molecule has 0 saturated carbocycles. The van der Waals surface area contributed by atoms with Crippen LogP contribution in [0.1, 0.15) is 225 Å². The smallest absolute Gasteiger partial charge is 0.407 e. The van der Waals surface area contributed by atoms with Crippen LogP contribution in [0.4, 0.5) is 21.9 Å². The van der Waals surface area contributed by atoms with Crippen molar-refractivity contribution < 1.29 is 75.1 Å². The number of piperazine rings is 3. The van der Waals surface area contributed by atoms with Gasteiger partial charge in [0.05, 0.1) is 116 Å². The normalized spacial score (nSPS) is 16.6. The number of imide groups is 3. The molecule has 3 fully saturated rings. The fourth-order valence-electron chi connectivity index (χ4n) is 19.4. The summed E-state index contributed by atoms with van der Waals surface area (Å²) in [5.41, 5.74) is 16.3. The van der Waals surface area contributed by atoms with Crippen molar-refractivity contribution in [1.82, 2.24) is 39.4 Å². The monoisotopic (exact) mass is 1930 g/mol. The molecule has 6 aliphatic heterocycles. The number of sulfonamides is 1. The number of benzene rings is 9. The number of hydrogen-bond acceptors (Lipinski definition) is 24. The lowest BCUT2D eigenvalue weighted by Gasteiger charge is -2.39. The topological polar surface area (TPSA) is 297 Å². The third kappa shape index (κ3) is 23.1. The van der Waals surface area contributed by atoms with Crippen molar-refractivity contribution in [3.8, 4) is 34.5 Å². The molecule has 0 bridgehead atoms. The lowest BCUT2D eigenvalue weighted by atomic mass is 9.98. The number of fused-ring (bicyclic) bond motifs is 3. The minimum Gasteiger partial charge on any atom is -0.493 e. The van der Waals surface area contributed by atoms with Gasteiger partial charge < -0.3 is 58.9 Å². The van der Waals surface area contributed by atoms with E-state index in [1.807, 2.05) is 106 Å². The largest absolute Gasteiger partial charge is 0.493 e. The van der Waals surface area contributed by atoms with E-state index in [1.54, 1.807) is 70.9 Å². The van der Waals surface area contributed by atoms with E-state index >= 15 is 0 Å². The molecule has 10 aromatic rings. The predicted molar refractivity (Wildman–Crippen MR) is 538 cm³/mol. The molecule has 3 unspecified atom stereocenters. The summed E-state index contributed by atoms with van der Waals surface area (Å²) in [7, 11) is 5.61. The number of carbonyl (C=O) groups is 7. The minimum atomic E-state index is -3.76. The van der Waals surface area contributed by atoms with Gasteiger partial charge in [0.15, 0.2) is 34.5 Å². The van der Waals surface area contributed by atoms with E-state index in [4.69, 9.17) is 50.5 Å². The average molecular weight is 1940 g/mol. The van der Waals surface area contributed by atoms with Crippen LogP contribution in [0, 0.1) is 0 Å². The van der Waals surface area contributed by atoms with Crippen molar-refractivity contribution in [3.63, 3.8) is 0 Å². The SMILES string of the molecule is COc1ccc(C(CCCCN)N2C(=O)c3cccc(N4CCN([C@H](C)c5ccccc5)CC4)c3C2=O)cc1OC.COc1ccc(C(CCCCNC(=O)OC(C)(C)C)N2C(=O)c3cccc(N4CCN([C@H](C)c5ccccc5)CC4)c3C2=O)cc1OC.COc1ccc(C(CCCNS(=O)(=O)c2ccc(Cl)s2)N2C(=O)c3cccc(N4CCN([C@H](C)c5ccccc5)CC4)c3C2=O)cc1OC. The number of hydrogen-bond donors (Lipinski definition) is 3. The number of nitrogens with two attached hydrogens (primary N) is 1. The van der Waals surface area contributed by atoms with Gasteiger partial charge in [-0.1, -0.05) is 139 Å². The van der Waals surface area contributed by atoms with Gasteiger partial charge in [-0.05, 0) is 218 Å². The van der Waals surface area contributed by atoms with E-state index < -0.39 is 39.8 Å². The fraction of sp³-hybridized carbons (Fsp3) is 0.393. The summed E-state index contributed by atoms with van der Waals surface area (Å²) in [4.78, 5) is 115. The van der Waals surface area contributed by atoms with Crippen molar-refractivity contribution in [3.05, 3.63) is 283 Å². The third-order valence-electron chi connectivity index (χ3n) is 26.8. The van der Waals surface area contributed by atoms with Crippen molar-refractivity contribution in [2.45, 2.75) is 139 Å². The number of halogens is 1. The molecule has 138 heavy (non-hydrogen) atoms. The number of rotatable bonds is 36. The minimum absolute atomic E-state index is 0.0990. The van der Waals surface area contributed by atoms with Gasteiger partial charge in [0, 0.05) is 110 Å². The molecule has 7 heterocycles. The predicted octanol–water partition coefficient (Wildman–Crippen LogP) is 18.1. The van der Waals surface area contributed by atoms with Gasteiger partial charge >= 0.3 is 6.09 Å². The number of unbranched alkanes of at least 4 members (excludes halogenated alkanes) is 2. The number of nitrogens with one attached hydrogen (secondary N) is 2. The van der Waals surface area contributed by atoms with E-state index in [0.717, 1.165) is 118 Å². The first-order valence-electron chi connectivity index (χ1n) is 47.3. The molecule has 0 radical (unpaired) electrons. The number of alkyl carbamates (subject to hydrolysis) is 1. The lowest BCUT2D eigenvalue weighted by molar-refractivity contribution is 0.0521. The van der Waals surface area contributed by atoms with E-state index in [2.05, 4.69) is 133 Å². The number of amides is 7. The summed E-state index contributed by atoms with van der Waals surface area (Å²) < 4.78 is 67.1. The molecule has 16 rings (SSSR count). The summed E-state index contributed by atoms with van der Waals surface area (Å²) in [6.45, 7) is 22.8. The average Bonchev–Trinajstić information content (AvgIpc) is 1.60. The number of anilines is 3. The first kappa shape index (κ1) is 102. The van der Waals surface area contributed by atoms with Crippen LogP contribution in [-0.4, -0.2) is 226 Å². The van der Waals surface area contributed by atoms with Crippen LogP contribution in [-0.2, 0) is 14.8 Å². The molecule has 9 aromatic carbocycles. The summed E-state index contributed by atoms with van der Waals surface area (Å²) >= 11 is 6.93. The number of methoxy groups -OCH3 is 6. The quantitative estimate of drug-likeness (QED) is 0.0243. The van der Waals surface area contributed by atoms with Crippen LogP contribution in [0.2, 0.25) is 4.34 Å². The summed E-state index contributed by atoms with van der Waals surface area (Å²) in [5, 5.41) is 2.80. The van der Waals surface area contributed by atoms with Crippen LogP contribution >= 0.6 is 22.9 Å². The Morgan fingerprint density at radius 1 is 0.384 bits per heavy atom. The Balaban J connectivity index is 0.000000166. The van der Waals surface area contributed by atoms with Gasteiger partial charge in [-0.3, -0.25) is 58.2 Å². The van der Waals surface area contributed by atoms with E-state index in [-0.39, 0.29) is 58.3 Å². The van der Waals surface area contributed by atoms with Gasteiger partial charge in [-0.15, -0.1) is 11.3 Å². The highest BCUT2D eigenvalue weighted by molar-refractivity contribution is 7.91. The van der Waals surface area contributed by atoms with Crippen LogP contribution in [0.5, 0.6) is 34.5 Å². The second-order valence-corrected chi connectivity index (χ2v) is 39.8. The van der Waals surface area contributed by atoms with Crippen LogP contribution in [0.25, 0.3) is 0 Å². The van der Waals surface area contributed by atoms with Gasteiger partial charge in [0.25, 0.3) is 35.4 Å². The van der Waals surface area contributed by atoms with Crippen molar-refractivity contribution in [1.29, 1.82) is 0 Å². The van der Waals surface area contributed by atoms with Crippen molar-refractivity contribution in [2.24, 2.45) is 5.73 Å². The molecule has 0 aliphatic carbocycles. The van der Waals surface area contributed by atoms with Gasteiger partial charge in [-0.25, -0.2) is 17.9 Å². The second kappa shape index (κ2) is 46.4. The Morgan fingerprint density at radius 3 is 1.01 bits per heavy atom. The molecule has 0 spiro atoms. The van der Waals surface area contributed by atoms with E-state index in [9.17, 15) is 42.0 Å². The Hall–Kier alpha value is -12.4. The Kier molecular flexibility index (Phi) is 34.1. The third-order valence-corrected chi connectivity index (χ3v) is 30.0. The van der Waals surface area contributed by atoms with Crippen molar-refractivity contribution >= 4 is 91.6 Å². The molecule has 3 saturated heterocycles. The maximum absolute atomic E-state index is 14.4. The first-order valence-corrected chi connectivity index (χ1v) is 50.0. The van der Waals surface area contributed by atoms with Crippen LogP contribution < -0.4 is 58.9 Å². The maximum atomic E-state index is 14.4. The molecule has 31 heteroatoms. The van der Waals surface area contributed by atoms with Gasteiger partial charge in [0.1, 0.15) is 9.81 Å². The van der Waals surface area contributed by atoms with Crippen molar-refractivity contribution in [2.75, 3.05) is 156 Å². The number of nitrogens with zero attached hydrogens (tertiary/aromatic N) is 9. The van der Waals surface area contributed by atoms with Crippen LogP contribution in [0.3, 0.4) is 0 Å². The summed E-state index contributed by atoms with van der Waals surface area (Å²) in [6.07, 6.45) is 4.19. The van der Waals surface area contributed by atoms with Crippen LogP contribution in [0.15, 0.2) is 217 Å². The Labute approximate surface area is 819 Å². The molecule has 6 aliphatic rings. The van der Waals surface area contributed by atoms with E-state index in [1.165, 1.54) is 57.7 Å². The van der Waals surface area contributed by atoms with Gasteiger partial charge in [0.2, 0.25) is 10.0 Å². The Bertz CT molecular complexity index is 6050.